The van der Waals surface area contributed by atoms with Gasteiger partial charge in [0, 0.05) is 6.42 Å². The largest absolute Gasteiger partial charge is 0.481 e. The topological polar surface area (TPSA) is 63.6 Å². The minimum atomic E-state index is -0.595. The van der Waals surface area contributed by atoms with Gasteiger partial charge in [-0.25, -0.2) is 0 Å². The predicted octanol–water partition coefficient (Wildman–Crippen LogP) is 8.32. The molecule has 4 nitrogen and oxygen atoms in total. The Kier molecular flexibility index (Phi) is 27.0. The Morgan fingerprint density at radius 1 is 0.633 bits per heavy atom. The molecule has 4 heteroatoms. The summed E-state index contributed by atoms with van der Waals surface area (Å²) in [7, 11) is 0. The maximum atomic E-state index is 11.2. The Morgan fingerprint density at radius 2 is 1.07 bits per heavy atom. The van der Waals surface area contributed by atoms with Crippen molar-refractivity contribution in [1.82, 2.24) is 0 Å². The third-order valence-corrected chi connectivity index (χ3v) is 5.41. The zero-order valence-electron chi connectivity index (χ0n) is 20.7. The molecule has 0 aromatic heterocycles. The van der Waals surface area contributed by atoms with E-state index < -0.39 is 5.97 Å². The number of unbranched alkanes of at least 4 members (excludes halogenated alkanes) is 11. The van der Waals surface area contributed by atoms with Crippen molar-refractivity contribution < 1.29 is 19.4 Å². The SMILES string of the molecule is CCCCCCC(CCCCC)C(=O)O.CCCCCCCC(=O)OCCCCC. The zero-order valence-corrected chi connectivity index (χ0v) is 20.7. The van der Waals surface area contributed by atoms with Crippen LogP contribution in [-0.2, 0) is 14.3 Å². The van der Waals surface area contributed by atoms with Gasteiger partial charge in [0.15, 0.2) is 0 Å². The molecule has 0 rings (SSSR count). The van der Waals surface area contributed by atoms with Crippen LogP contribution in [0, 0.1) is 5.92 Å². The number of carbonyl (C=O) groups excluding carboxylic acids is 1. The van der Waals surface area contributed by atoms with Crippen LogP contribution < -0.4 is 0 Å². The molecule has 180 valence electrons. The van der Waals surface area contributed by atoms with Gasteiger partial charge in [0.1, 0.15) is 0 Å². The summed E-state index contributed by atoms with van der Waals surface area (Å²) in [6.45, 7) is 9.28. The van der Waals surface area contributed by atoms with Crippen LogP contribution in [0.2, 0.25) is 0 Å². The number of hydrogen-bond acceptors (Lipinski definition) is 3. The van der Waals surface area contributed by atoms with Crippen molar-refractivity contribution in [2.45, 2.75) is 143 Å². The summed E-state index contributed by atoms with van der Waals surface area (Å²) in [4.78, 5) is 22.2. The number of ether oxygens (including phenoxy) is 1. The van der Waals surface area contributed by atoms with Crippen molar-refractivity contribution in [3.05, 3.63) is 0 Å². The molecular weight excluding hydrogens is 376 g/mol. The molecule has 0 bridgehead atoms. The van der Waals surface area contributed by atoms with Crippen LogP contribution >= 0.6 is 0 Å². The van der Waals surface area contributed by atoms with Crippen molar-refractivity contribution in [3.8, 4) is 0 Å². The maximum Gasteiger partial charge on any atom is 0.306 e. The molecule has 30 heavy (non-hydrogen) atoms. The van der Waals surface area contributed by atoms with E-state index in [4.69, 9.17) is 9.84 Å². The molecule has 1 atom stereocenters. The Balaban J connectivity index is 0. The Hall–Kier alpha value is -1.06. The highest BCUT2D eigenvalue weighted by Crippen LogP contribution is 2.18. The van der Waals surface area contributed by atoms with Gasteiger partial charge in [-0.15, -0.1) is 0 Å². The summed E-state index contributed by atoms with van der Waals surface area (Å²) in [5, 5.41) is 9.03. The Labute approximate surface area is 187 Å². The molecule has 0 fully saturated rings. The molecule has 1 N–H and O–H groups in total. The Bertz CT molecular complexity index is 366. The van der Waals surface area contributed by atoms with E-state index in [-0.39, 0.29) is 11.9 Å². The average molecular weight is 429 g/mol. The average Bonchev–Trinajstić information content (AvgIpc) is 2.73. The van der Waals surface area contributed by atoms with E-state index in [0.29, 0.717) is 13.0 Å². The third-order valence-electron chi connectivity index (χ3n) is 5.41. The van der Waals surface area contributed by atoms with Crippen molar-refractivity contribution >= 4 is 11.9 Å². The zero-order chi connectivity index (χ0) is 22.9. The molecule has 0 spiro atoms. The van der Waals surface area contributed by atoms with Gasteiger partial charge in [-0.3, -0.25) is 9.59 Å². The first kappa shape index (κ1) is 31.1. The van der Waals surface area contributed by atoms with E-state index in [1.807, 2.05) is 0 Å². The molecule has 0 radical (unpaired) electrons. The number of carboxylic acid groups (broad SMARTS) is 1. The van der Waals surface area contributed by atoms with E-state index in [0.717, 1.165) is 51.4 Å². The predicted molar refractivity (Wildman–Crippen MR) is 128 cm³/mol. The van der Waals surface area contributed by atoms with Gasteiger partial charge in [-0.1, -0.05) is 111 Å². The smallest absolute Gasteiger partial charge is 0.306 e. The van der Waals surface area contributed by atoms with Crippen LogP contribution in [0.1, 0.15) is 143 Å². The Morgan fingerprint density at radius 3 is 1.60 bits per heavy atom. The number of hydrogen-bond donors (Lipinski definition) is 1. The number of carbonyl (C=O) groups is 2. The highest BCUT2D eigenvalue weighted by molar-refractivity contribution is 5.69. The van der Waals surface area contributed by atoms with E-state index in [9.17, 15) is 9.59 Å². The molecule has 0 saturated carbocycles. The molecule has 0 aliphatic carbocycles. The van der Waals surface area contributed by atoms with Gasteiger partial charge in [0.05, 0.1) is 12.5 Å². The fraction of sp³-hybridized carbons (Fsp3) is 0.923. The second-order valence-corrected chi connectivity index (χ2v) is 8.47. The minimum absolute atomic E-state index is 0.0115. The van der Waals surface area contributed by atoms with Crippen LogP contribution in [0.15, 0.2) is 0 Å². The lowest BCUT2D eigenvalue weighted by Gasteiger charge is -2.11. The summed E-state index contributed by atoms with van der Waals surface area (Å²) in [5.41, 5.74) is 0. The number of esters is 1. The van der Waals surface area contributed by atoms with Crippen molar-refractivity contribution in [1.29, 1.82) is 0 Å². The molecule has 0 aliphatic rings. The van der Waals surface area contributed by atoms with Gasteiger partial charge < -0.3 is 9.84 Å². The summed E-state index contributed by atoms with van der Waals surface area (Å²) < 4.78 is 5.11. The fourth-order valence-corrected chi connectivity index (χ4v) is 3.33. The fourth-order valence-electron chi connectivity index (χ4n) is 3.33. The summed E-state index contributed by atoms with van der Waals surface area (Å²) in [6, 6.07) is 0. The maximum absolute atomic E-state index is 11.2. The molecule has 0 heterocycles. The summed E-state index contributed by atoms with van der Waals surface area (Å²) in [5.74, 6) is -0.696. The number of carboxylic acids is 1. The van der Waals surface area contributed by atoms with Crippen molar-refractivity contribution in [2.75, 3.05) is 6.61 Å². The third kappa shape index (κ3) is 25.0. The lowest BCUT2D eigenvalue weighted by Crippen LogP contribution is -2.13. The lowest BCUT2D eigenvalue weighted by molar-refractivity contribution is -0.144. The first-order valence-corrected chi connectivity index (χ1v) is 12.9. The van der Waals surface area contributed by atoms with Gasteiger partial charge >= 0.3 is 11.9 Å². The van der Waals surface area contributed by atoms with E-state index in [1.54, 1.807) is 0 Å². The quantitative estimate of drug-likeness (QED) is 0.156. The van der Waals surface area contributed by atoms with Crippen LogP contribution in [0.4, 0.5) is 0 Å². The lowest BCUT2D eigenvalue weighted by atomic mass is 9.95. The second kappa shape index (κ2) is 26.0. The van der Waals surface area contributed by atoms with E-state index in [2.05, 4.69) is 27.7 Å². The molecule has 0 saturated heterocycles. The molecule has 1 unspecified atom stereocenters. The van der Waals surface area contributed by atoms with E-state index in [1.165, 1.54) is 57.8 Å². The highest BCUT2D eigenvalue weighted by Gasteiger charge is 2.15. The highest BCUT2D eigenvalue weighted by atomic mass is 16.5. The van der Waals surface area contributed by atoms with Gasteiger partial charge in [-0.2, -0.15) is 0 Å². The van der Waals surface area contributed by atoms with Crippen LogP contribution in [-0.4, -0.2) is 23.7 Å². The minimum Gasteiger partial charge on any atom is -0.481 e. The molecule has 0 amide bonds. The first-order valence-electron chi connectivity index (χ1n) is 12.9. The summed E-state index contributed by atoms with van der Waals surface area (Å²) >= 11 is 0. The molecule has 0 aromatic rings. The normalized spacial score (nSPS) is 11.5. The molecule has 0 aromatic carbocycles. The first-order chi connectivity index (χ1) is 14.5. The van der Waals surface area contributed by atoms with Crippen LogP contribution in [0.25, 0.3) is 0 Å². The molecular formula is C26H52O4. The van der Waals surface area contributed by atoms with Crippen molar-refractivity contribution in [3.63, 3.8) is 0 Å². The van der Waals surface area contributed by atoms with E-state index >= 15 is 0 Å². The number of aliphatic carboxylic acids is 1. The number of rotatable bonds is 20. The van der Waals surface area contributed by atoms with Crippen molar-refractivity contribution in [2.24, 2.45) is 5.92 Å². The van der Waals surface area contributed by atoms with Gasteiger partial charge in [0.2, 0.25) is 0 Å². The van der Waals surface area contributed by atoms with Crippen LogP contribution in [0.5, 0.6) is 0 Å². The van der Waals surface area contributed by atoms with Gasteiger partial charge in [0.25, 0.3) is 0 Å². The monoisotopic (exact) mass is 428 g/mol. The van der Waals surface area contributed by atoms with Gasteiger partial charge in [-0.05, 0) is 25.7 Å². The summed E-state index contributed by atoms with van der Waals surface area (Å²) in [6.07, 6.45) is 19.8. The molecule has 0 aliphatic heterocycles. The van der Waals surface area contributed by atoms with Crippen LogP contribution in [0.3, 0.4) is 0 Å². The second-order valence-electron chi connectivity index (χ2n) is 8.47. The standard InChI is InChI=1S/2C13H26O2/c1-3-5-7-8-9-11-13(14)15-12-10-6-4-2;1-3-5-7-9-11-12(13(14)15)10-8-6-4-2/h3-12H2,1-2H3;12H,3-11H2,1-2H3,(H,14,15).